The van der Waals surface area contributed by atoms with Gasteiger partial charge in [0, 0.05) is 12.0 Å². The highest BCUT2D eigenvalue weighted by atomic mass is 16.6. The molecule has 2 bridgehead atoms. The first-order valence-corrected chi connectivity index (χ1v) is 12.6. The molecule has 6 atom stereocenters. The van der Waals surface area contributed by atoms with Crippen LogP contribution in [0.1, 0.15) is 36.8 Å². The third-order valence-corrected chi connectivity index (χ3v) is 8.45. The molecule has 2 heterocycles. The van der Waals surface area contributed by atoms with Gasteiger partial charge < -0.3 is 40.6 Å². The lowest BCUT2D eigenvalue weighted by molar-refractivity contribution is -0.206. The molecule has 13 nitrogen and oxygen atoms in total. The van der Waals surface area contributed by atoms with Crippen molar-refractivity contribution in [3.8, 4) is 11.5 Å². The molecule has 1 aromatic carbocycles. The maximum atomic E-state index is 13.2. The summed E-state index contributed by atoms with van der Waals surface area (Å²) in [5, 5.41) is 18.4. The summed E-state index contributed by atoms with van der Waals surface area (Å²) in [6.07, 6.45) is 0.762. The quantitative estimate of drug-likeness (QED) is 0.294. The van der Waals surface area contributed by atoms with Gasteiger partial charge in [0.15, 0.2) is 17.6 Å². The molecule has 0 aromatic heterocycles. The first-order chi connectivity index (χ1) is 18.4. The molecule has 1 fully saturated rings. The monoisotopic (exact) mass is 545 g/mol. The normalized spacial score (nSPS) is 29.7. The molecular formula is C26H31N3O10. The van der Waals surface area contributed by atoms with Gasteiger partial charge in [-0.1, -0.05) is 6.07 Å². The van der Waals surface area contributed by atoms with Crippen molar-refractivity contribution < 1.29 is 48.3 Å². The van der Waals surface area contributed by atoms with E-state index in [2.05, 4.69) is 4.90 Å². The molecule has 0 radical (unpaired) electrons. The Hall–Kier alpha value is -3.68. The average molecular weight is 546 g/mol. The van der Waals surface area contributed by atoms with Crippen LogP contribution in [0.4, 0.5) is 0 Å². The lowest BCUT2D eigenvalue weighted by Gasteiger charge is -2.62. The molecule has 6 N–H and O–H groups in total. The first kappa shape index (κ1) is 26.9. The number of carboxylic acids is 2. The fourth-order valence-electron chi connectivity index (χ4n) is 6.71. The number of likely N-dealkylation sites (N-methyl/N-ethyl adjacent to an activating group) is 1. The van der Waals surface area contributed by atoms with Crippen molar-refractivity contribution in [1.29, 1.82) is 0 Å². The highest BCUT2D eigenvalue weighted by molar-refractivity contribution is 5.83. The fourth-order valence-corrected chi connectivity index (χ4v) is 6.71. The van der Waals surface area contributed by atoms with Crippen LogP contribution < -0.4 is 20.9 Å². The molecule has 210 valence electrons. The molecule has 13 heteroatoms. The Labute approximate surface area is 223 Å². The van der Waals surface area contributed by atoms with E-state index >= 15 is 0 Å². The van der Waals surface area contributed by atoms with E-state index in [0.717, 1.165) is 11.1 Å². The number of carbonyl (C=O) groups is 4. The maximum Gasteiger partial charge on any atom is 0.321 e. The van der Waals surface area contributed by atoms with Crippen molar-refractivity contribution in [2.75, 3.05) is 20.7 Å². The number of ether oxygens (including phenoxy) is 4. The van der Waals surface area contributed by atoms with Crippen LogP contribution in [-0.4, -0.2) is 89.5 Å². The first-order valence-electron chi connectivity index (χ1n) is 12.6. The summed E-state index contributed by atoms with van der Waals surface area (Å²) in [6, 6.07) is 0.570. The summed E-state index contributed by atoms with van der Waals surface area (Å²) < 4.78 is 24.0. The largest absolute Gasteiger partial charge is 0.493 e. The Bertz CT molecular complexity index is 1280. The van der Waals surface area contributed by atoms with Crippen LogP contribution in [0.25, 0.3) is 0 Å². The molecule has 39 heavy (non-hydrogen) atoms. The van der Waals surface area contributed by atoms with E-state index in [1.54, 1.807) is 12.1 Å². The standard InChI is InChI=1S/C26H31N3O10/c1-29-8-7-25-20-12-3-4-15(36-2)21(20)38-22(25)16(37-18(30)10-13(27)23(32)33)5-6-26(25,17(29)9-12)39-19(31)11-14(28)24(34)35/h3-5,13-14,17,22H,6-11,27-28H2,1-2H3,(H,32,33)(H,34,35)/t13-,14-,17+,22-,25-,26+/m0/s1. The summed E-state index contributed by atoms with van der Waals surface area (Å²) in [7, 11) is 3.44. The van der Waals surface area contributed by atoms with E-state index in [0.29, 0.717) is 30.9 Å². The van der Waals surface area contributed by atoms with Crippen LogP contribution in [0.3, 0.4) is 0 Å². The van der Waals surface area contributed by atoms with Crippen molar-refractivity contribution in [3.63, 3.8) is 0 Å². The van der Waals surface area contributed by atoms with Crippen molar-refractivity contribution in [2.45, 2.75) is 67.3 Å². The molecular weight excluding hydrogens is 514 g/mol. The minimum Gasteiger partial charge on any atom is -0.493 e. The topological polar surface area (TPSA) is 201 Å². The van der Waals surface area contributed by atoms with Gasteiger partial charge in [-0.25, -0.2) is 0 Å². The van der Waals surface area contributed by atoms with Crippen LogP contribution in [0, 0.1) is 0 Å². The van der Waals surface area contributed by atoms with Crippen LogP contribution in [0.15, 0.2) is 24.0 Å². The summed E-state index contributed by atoms with van der Waals surface area (Å²) in [4.78, 5) is 50.5. The zero-order valence-electron chi connectivity index (χ0n) is 21.5. The number of rotatable bonds is 9. The number of hydrogen-bond acceptors (Lipinski definition) is 11. The number of methoxy groups -OCH3 is 1. The van der Waals surface area contributed by atoms with E-state index in [1.165, 1.54) is 7.11 Å². The van der Waals surface area contributed by atoms with E-state index < -0.39 is 65.9 Å². The summed E-state index contributed by atoms with van der Waals surface area (Å²) >= 11 is 0. The third kappa shape index (κ3) is 3.95. The summed E-state index contributed by atoms with van der Waals surface area (Å²) in [6.45, 7) is 0.611. The Morgan fingerprint density at radius 1 is 1.13 bits per heavy atom. The lowest BCUT2D eigenvalue weighted by atomic mass is 9.50. The van der Waals surface area contributed by atoms with Gasteiger partial charge in [0.05, 0.1) is 31.4 Å². The van der Waals surface area contributed by atoms with Gasteiger partial charge in [0.2, 0.25) is 0 Å². The number of esters is 2. The number of piperidine rings is 1. The minimum absolute atomic E-state index is 0.138. The Morgan fingerprint density at radius 2 is 1.79 bits per heavy atom. The molecule has 0 unspecified atom stereocenters. The second-order valence-corrected chi connectivity index (χ2v) is 10.5. The van der Waals surface area contributed by atoms with E-state index in [9.17, 15) is 24.3 Å². The summed E-state index contributed by atoms with van der Waals surface area (Å²) in [5.41, 5.74) is 10.8. The number of carbonyl (C=O) groups excluding carboxylic acids is 2. The van der Waals surface area contributed by atoms with Gasteiger partial charge in [-0.15, -0.1) is 0 Å². The predicted octanol–water partition coefficient (Wildman–Crippen LogP) is -0.329. The molecule has 1 saturated heterocycles. The van der Waals surface area contributed by atoms with Crippen LogP contribution >= 0.6 is 0 Å². The smallest absolute Gasteiger partial charge is 0.321 e. The second kappa shape index (κ2) is 9.50. The highest BCUT2D eigenvalue weighted by Crippen LogP contribution is 2.66. The summed E-state index contributed by atoms with van der Waals surface area (Å²) in [5.74, 6) is -3.17. The van der Waals surface area contributed by atoms with E-state index in [-0.39, 0.29) is 18.2 Å². The zero-order chi connectivity index (χ0) is 28.3. The molecule has 4 aliphatic rings. The second-order valence-electron chi connectivity index (χ2n) is 10.5. The predicted molar refractivity (Wildman–Crippen MR) is 132 cm³/mol. The van der Waals surface area contributed by atoms with Crippen molar-refractivity contribution >= 4 is 23.9 Å². The number of nitrogens with two attached hydrogens (primary N) is 2. The third-order valence-electron chi connectivity index (χ3n) is 8.45. The molecule has 2 aliphatic carbocycles. The van der Waals surface area contributed by atoms with Crippen LogP contribution in [0.2, 0.25) is 0 Å². The van der Waals surface area contributed by atoms with Gasteiger partial charge in [-0.05, 0) is 44.1 Å². The van der Waals surface area contributed by atoms with Crippen molar-refractivity contribution in [1.82, 2.24) is 4.90 Å². The van der Waals surface area contributed by atoms with Crippen LogP contribution in [-0.2, 0) is 40.5 Å². The molecule has 1 spiro atoms. The Morgan fingerprint density at radius 3 is 2.44 bits per heavy atom. The van der Waals surface area contributed by atoms with E-state index in [1.807, 2.05) is 13.1 Å². The molecule has 1 aromatic rings. The molecule has 5 rings (SSSR count). The van der Waals surface area contributed by atoms with Gasteiger partial charge in [-0.2, -0.15) is 0 Å². The maximum absolute atomic E-state index is 13.2. The SMILES string of the molecule is COc1ccc2c3c1O[C@H]1C(OC(=O)C[C@H](N)C(=O)O)=CC[C@@]4(OC(=O)C[C@H](N)C(=O)O)[C@@H](C2)N(C)CC[C@]314. The highest BCUT2D eigenvalue weighted by Gasteiger charge is 2.74. The number of nitrogens with zero attached hydrogens (tertiary/aromatic N) is 1. The van der Waals surface area contributed by atoms with Gasteiger partial charge in [0.1, 0.15) is 23.4 Å². The minimum atomic E-state index is -1.44. The Balaban J connectivity index is 1.62. The van der Waals surface area contributed by atoms with Gasteiger partial charge >= 0.3 is 23.9 Å². The molecule has 0 amide bonds. The number of aliphatic carboxylic acids is 2. The number of hydrogen-bond donors (Lipinski definition) is 4. The number of carboxylic acid groups (broad SMARTS) is 2. The number of likely N-dealkylation sites (tertiary alicyclic amines) is 1. The van der Waals surface area contributed by atoms with Crippen molar-refractivity contribution in [2.24, 2.45) is 11.5 Å². The van der Waals surface area contributed by atoms with Crippen LogP contribution in [0.5, 0.6) is 11.5 Å². The Kier molecular flexibility index (Phi) is 6.56. The zero-order valence-corrected chi connectivity index (χ0v) is 21.5. The van der Waals surface area contributed by atoms with Gasteiger partial charge in [-0.3, -0.25) is 24.1 Å². The van der Waals surface area contributed by atoms with Gasteiger partial charge in [0.25, 0.3) is 0 Å². The molecule has 2 aliphatic heterocycles. The average Bonchev–Trinajstić information content (AvgIpc) is 3.23. The number of benzene rings is 1. The lowest BCUT2D eigenvalue weighted by Crippen LogP contribution is -2.75. The molecule has 0 saturated carbocycles. The fraction of sp³-hybridized carbons (Fsp3) is 0.538. The van der Waals surface area contributed by atoms with E-state index in [4.69, 9.17) is 35.5 Å². The van der Waals surface area contributed by atoms with Crippen molar-refractivity contribution in [3.05, 3.63) is 35.1 Å².